The lowest BCUT2D eigenvalue weighted by Gasteiger charge is -2.43. The van der Waals surface area contributed by atoms with Gasteiger partial charge in [0.2, 0.25) is 0 Å². The summed E-state index contributed by atoms with van der Waals surface area (Å²) in [7, 11) is 0. The number of aromatic amines is 1. The maximum Gasteiger partial charge on any atom is 0.406 e. The molecule has 2 aromatic rings. The normalized spacial score (nSPS) is 17.2. The summed E-state index contributed by atoms with van der Waals surface area (Å²) in [6.07, 6.45) is -1.53. The number of fused-ring (bicyclic) bond motifs is 1. The van der Waals surface area contributed by atoms with Crippen LogP contribution in [0.4, 0.5) is 24.5 Å². The highest BCUT2D eigenvalue weighted by Crippen LogP contribution is 2.33. The van der Waals surface area contributed by atoms with E-state index in [1.807, 2.05) is 6.92 Å². The molecule has 0 aliphatic carbocycles. The summed E-state index contributed by atoms with van der Waals surface area (Å²) in [6, 6.07) is 8.26. The van der Waals surface area contributed by atoms with Gasteiger partial charge in [0.05, 0.1) is 29.4 Å². The van der Waals surface area contributed by atoms with Crippen LogP contribution in [0.2, 0.25) is 0 Å². The number of amidine groups is 1. The Hall–Kier alpha value is -4.27. The molecule has 12 heteroatoms. The van der Waals surface area contributed by atoms with Crippen molar-refractivity contribution in [3.8, 4) is 6.07 Å². The molecule has 0 atom stereocenters. The standard InChI is InChI=1S/C26H28F3N7O2/c1-16(2)35-11-7-25(6-9-30,8-12-35)34-20-5-10-32-23(37)21(20)22(31)33-18-3-4-19-17(13-18)14-36(24(19)38)15-26(27,28)29/h3-5,10,13H,1,6-8,11-12,14-15H2,2H3,(H2,31,33)(H2,32,34,37). The van der Waals surface area contributed by atoms with Crippen LogP contribution in [0.15, 0.2) is 52.5 Å². The number of piperidine rings is 1. The third-order valence-electron chi connectivity index (χ3n) is 6.88. The quantitative estimate of drug-likeness (QED) is 0.372. The number of aliphatic imine (C=N–C) groups is 1. The number of amides is 1. The average Bonchev–Trinajstić information content (AvgIpc) is 3.12. The van der Waals surface area contributed by atoms with Crippen molar-refractivity contribution in [1.29, 1.82) is 5.26 Å². The van der Waals surface area contributed by atoms with Gasteiger partial charge in [0.1, 0.15) is 17.9 Å². The molecular formula is C26H28F3N7O2. The van der Waals surface area contributed by atoms with Crippen molar-refractivity contribution in [3.63, 3.8) is 0 Å². The number of carbonyl (C=O) groups excluding carboxylic acids is 1. The Morgan fingerprint density at radius 1 is 1.29 bits per heavy atom. The van der Waals surface area contributed by atoms with E-state index in [0.717, 1.165) is 10.6 Å². The van der Waals surface area contributed by atoms with Crippen LogP contribution in [0.5, 0.6) is 0 Å². The third kappa shape index (κ3) is 5.66. The third-order valence-corrected chi connectivity index (χ3v) is 6.88. The van der Waals surface area contributed by atoms with Gasteiger partial charge in [-0.3, -0.25) is 9.59 Å². The maximum absolute atomic E-state index is 12.8. The van der Waals surface area contributed by atoms with Crippen LogP contribution in [0, 0.1) is 11.3 Å². The number of pyridine rings is 1. The van der Waals surface area contributed by atoms with Crippen LogP contribution in [-0.4, -0.2) is 57.9 Å². The summed E-state index contributed by atoms with van der Waals surface area (Å²) < 4.78 is 38.5. The first-order valence-electron chi connectivity index (χ1n) is 12.0. The number of likely N-dealkylation sites (tertiary alicyclic amines) is 1. The molecule has 200 valence electrons. The molecular weight excluding hydrogens is 499 g/mol. The summed E-state index contributed by atoms with van der Waals surface area (Å²) in [5.74, 6) is -0.815. The minimum atomic E-state index is -4.51. The van der Waals surface area contributed by atoms with Crippen molar-refractivity contribution in [2.45, 2.75) is 44.4 Å². The molecule has 1 aromatic carbocycles. The fourth-order valence-electron chi connectivity index (χ4n) is 4.91. The van der Waals surface area contributed by atoms with Crippen molar-refractivity contribution in [2.75, 3.05) is 25.0 Å². The number of rotatable bonds is 7. The van der Waals surface area contributed by atoms with Crippen molar-refractivity contribution in [1.82, 2.24) is 14.8 Å². The number of aromatic nitrogens is 1. The lowest BCUT2D eigenvalue weighted by Crippen LogP contribution is -2.49. The second-order valence-corrected chi connectivity index (χ2v) is 9.67. The molecule has 0 spiro atoms. The number of nitrogens with two attached hydrogens (primary N) is 1. The molecule has 1 fully saturated rings. The van der Waals surface area contributed by atoms with Crippen LogP contribution in [-0.2, 0) is 6.54 Å². The predicted molar refractivity (Wildman–Crippen MR) is 137 cm³/mol. The number of alkyl halides is 3. The fraction of sp³-hybridized carbons (Fsp3) is 0.385. The Bertz CT molecular complexity index is 1380. The Morgan fingerprint density at radius 2 is 2.00 bits per heavy atom. The zero-order chi connectivity index (χ0) is 27.7. The Labute approximate surface area is 217 Å². The Kier molecular flexibility index (Phi) is 7.22. The van der Waals surface area contributed by atoms with Gasteiger partial charge in [0.25, 0.3) is 11.5 Å². The molecule has 4 N–H and O–H groups in total. The maximum atomic E-state index is 12.8. The summed E-state index contributed by atoms with van der Waals surface area (Å²) >= 11 is 0. The van der Waals surface area contributed by atoms with E-state index in [0.29, 0.717) is 42.9 Å². The van der Waals surface area contributed by atoms with E-state index in [2.05, 4.69) is 32.8 Å². The predicted octanol–water partition coefficient (Wildman–Crippen LogP) is 3.62. The molecule has 0 saturated carbocycles. The molecule has 0 unspecified atom stereocenters. The first kappa shape index (κ1) is 26.8. The second kappa shape index (κ2) is 10.2. The molecule has 2 aliphatic heterocycles. The van der Waals surface area contributed by atoms with Gasteiger partial charge in [-0.2, -0.15) is 18.4 Å². The van der Waals surface area contributed by atoms with Crippen molar-refractivity contribution >= 4 is 23.1 Å². The molecule has 1 amide bonds. The zero-order valence-corrected chi connectivity index (χ0v) is 20.9. The molecule has 0 bridgehead atoms. The smallest absolute Gasteiger partial charge is 0.383 e. The number of halogens is 3. The largest absolute Gasteiger partial charge is 0.406 e. The number of benzene rings is 1. The van der Waals surface area contributed by atoms with Crippen molar-refractivity contribution < 1.29 is 18.0 Å². The van der Waals surface area contributed by atoms with E-state index >= 15 is 0 Å². The van der Waals surface area contributed by atoms with Gasteiger partial charge in [-0.1, -0.05) is 6.58 Å². The number of carbonyl (C=O) groups is 1. The van der Waals surface area contributed by atoms with E-state index in [-0.39, 0.29) is 29.9 Å². The summed E-state index contributed by atoms with van der Waals surface area (Å²) in [5, 5.41) is 12.9. The van der Waals surface area contributed by atoms with E-state index in [4.69, 9.17) is 5.73 Å². The lowest BCUT2D eigenvalue weighted by molar-refractivity contribution is -0.140. The first-order valence-corrected chi connectivity index (χ1v) is 12.0. The molecule has 0 radical (unpaired) electrons. The minimum absolute atomic E-state index is 0.0856. The van der Waals surface area contributed by atoms with Crippen LogP contribution < -0.4 is 16.6 Å². The molecule has 3 heterocycles. The van der Waals surface area contributed by atoms with E-state index < -0.39 is 29.7 Å². The Morgan fingerprint density at radius 3 is 2.63 bits per heavy atom. The Balaban J connectivity index is 1.61. The number of nitrogens with one attached hydrogen (secondary N) is 2. The lowest BCUT2D eigenvalue weighted by atomic mass is 9.84. The molecule has 1 aromatic heterocycles. The number of H-pyrrole nitrogens is 1. The van der Waals surface area contributed by atoms with Crippen molar-refractivity contribution in [2.24, 2.45) is 10.7 Å². The number of anilines is 1. The monoisotopic (exact) mass is 527 g/mol. The highest BCUT2D eigenvalue weighted by atomic mass is 19.4. The summed E-state index contributed by atoms with van der Waals surface area (Å²) in [4.78, 5) is 34.9. The van der Waals surface area contributed by atoms with Gasteiger partial charge in [-0.05, 0) is 49.6 Å². The number of nitrogens with zero attached hydrogens (tertiary/aromatic N) is 4. The summed E-state index contributed by atoms with van der Waals surface area (Å²) in [5.41, 5.74) is 7.51. The molecule has 2 aliphatic rings. The van der Waals surface area contributed by atoms with Gasteiger partial charge in [-0.25, -0.2) is 4.99 Å². The number of hydrogen-bond acceptors (Lipinski definition) is 6. The summed E-state index contributed by atoms with van der Waals surface area (Å²) in [6.45, 7) is 5.77. The second-order valence-electron chi connectivity index (χ2n) is 9.67. The average molecular weight is 528 g/mol. The fourth-order valence-corrected chi connectivity index (χ4v) is 4.91. The first-order chi connectivity index (χ1) is 17.9. The minimum Gasteiger partial charge on any atom is -0.383 e. The van der Waals surface area contributed by atoms with Crippen LogP contribution in [0.25, 0.3) is 0 Å². The van der Waals surface area contributed by atoms with Gasteiger partial charge in [0, 0.05) is 37.1 Å². The molecule has 1 saturated heterocycles. The highest BCUT2D eigenvalue weighted by molar-refractivity contribution is 6.04. The topological polar surface area (TPSA) is 131 Å². The highest BCUT2D eigenvalue weighted by Gasteiger charge is 2.38. The van der Waals surface area contributed by atoms with E-state index in [9.17, 15) is 28.0 Å². The van der Waals surface area contributed by atoms with Crippen LogP contribution in [0.1, 0.15) is 47.7 Å². The van der Waals surface area contributed by atoms with Gasteiger partial charge in [0.15, 0.2) is 0 Å². The molecule has 9 nitrogen and oxygen atoms in total. The number of allylic oxidation sites excluding steroid dienone is 1. The van der Waals surface area contributed by atoms with Crippen LogP contribution in [0.3, 0.4) is 0 Å². The van der Waals surface area contributed by atoms with Crippen molar-refractivity contribution in [3.05, 3.63) is 69.8 Å². The van der Waals surface area contributed by atoms with E-state index in [1.54, 1.807) is 6.07 Å². The molecule has 4 rings (SSSR count). The van der Waals surface area contributed by atoms with Gasteiger partial charge in [-0.15, -0.1) is 0 Å². The molecule has 38 heavy (non-hydrogen) atoms. The zero-order valence-electron chi connectivity index (χ0n) is 20.9. The number of hydrogen-bond donors (Lipinski definition) is 3. The van der Waals surface area contributed by atoms with Crippen LogP contribution >= 0.6 is 0 Å². The number of nitriles is 1. The van der Waals surface area contributed by atoms with Gasteiger partial charge >= 0.3 is 6.18 Å². The van der Waals surface area contributed by atoms with Gasteiger partial charge < -0.3 is 25.8 Å². The van der Waals surface area contributed by atoms with E-state index in [1.165, 1.54) is 24.4 Å². The SMILES string of the molecule is C=C(C)N1CCC(CC#N)(Nc2cc[nH]c(=O)c2C(N)=Nc2ccc3c(c2)CN(CC(F)(F)F)C3=O)CC1.